The first-order valence-corrected chi connectivity index (χ1v) is 10.4. The molecule has 0 atom stereocenters. The molecule has 3 aromatic heterocycles. The van der Waals surface area contributed by atoms with E-state index in [1.165, 1.54) is 4.68 Å². The SMILES string of the molecule is Cc1ccc(CNC(=O)c2nn(C(C)(C)C)c(Oc3nccc(C(F)(F)F)c3Cl)c2C)nc1. The van der Waals surface area contributed by atoms with Crippen LogP contribution in [-0.4, -0.2) is 25.7 Å². The summed E-state index contributed by atoms with van der Waals surface area (Å²) < 4.78 is 46.8. The van der Waals surface area contributed by atoms with Crippen LogP contribution in [0.1, 0.15) is 53.6 Å². The van der Waals surface area contributed by atoms with Crippen LogP contribution in [0.3, 0.4) is 0 Å². The van der Waals surface area contributed by atoms with Crippen molar-refractivity contribution in [2.45, 2.75) is 52.9 Å². The van der Waals surface area contributed by atoms with Crippen LogP contribution in [0.2, 0.25) is 5.02 Å². The lowest BCUT2D eigenvalue weighted by atomic mass is 10.1. The van der Waals surface area contributed by atoms with E-state index in [1.54, 1.807) is 19.2 Å². The van der Waals surface area contributed by atoms with E-state index in [1.807, 2.05) is 33.8 Å². The second-order valence-electron chi connectivity index (χ2n) is 8.45. The van der Waals surface area contributed by atoms with Crippen molar-refractivity contribution in [2.24, 2.45) is 0 Å². The molecule has 0 saturated heterocycles. The molecule has 11 heteroatoms. The van der Waals surface area contributed by atoms with Gasteiger partial charge in [0.2, 0.25) is 11.8 Å². The molecule has 33 heavy (non-hydrogen) atoms. The Morgan fingerprint density at radius 1 is 1.15 bits per heavy atom. The zero-order valence-electron chi connectivity index (χ0n) is 18.7. The average molecular weight is 482 g/mol. The molecule has 0 aromatic carbocycles. The molecule has 0 spiro atoms. The number of alkyl halides is 3. The van der Waals surface area contributed by atoms with Gasteiger partial charge in [-0.1, -0.05) is 17.7 Å². The van der Waals surface area contributed by atoms with Crippen LogP contribution in [0.15, 0.2) is 30.6 Å². The fourth-order valence-corrected chi connectivity index (χ4v) is 3.19. The van der Waals surface area contributed by atoms with Crippen LogP contribution in [-0.2, 0) is 18.3 Å². The molecule has 176 valence electrons. The maximum Gasteiger partial charge on any atom is 0.418 e. The number of hydrogen-bond donors (Lipinski definition) is 1. The van der Waals surface area contributed by atoms with Gasteiger partial charge in [0, 0.05) is 18.0 Å². The first kappa shape index (κ1) is 24.5. The number of nitrogens with one attached hydrogen (secondary N) is 1. The number of halogens is 4. The van der Waals surface area contributed by atoms with E-state index >= 15 is 0 Å². The van der Waals surface area contributed by atoms with E-state index in [0.29, 0.717) is 11.3 Å². The Morgan fingerprint density at radius 2 is 1.85 bits per heavy atom. The zero-order valence-corrected chi connectivity index (χ0v) is 19.5. The van der Waals surface area contributed by atoms with Crippen LogP contribution in [0, 0.1) is 13.8 Å². The standard InChI is InChI=1S/C22H23ClF3N5O2/c1-12-6-7-14(28-10-12)11-29-18(32)17-13(2)20(31(30-17)21(3,4)5)33-19-16(23)15(8-9-27-19)22(24,25)26/h6-10H,11H2,1-5H3,(H,29,32). The number of aromatic nitrogens is 4. The van der Waals surface area contributed by atoms with Crippen LogP contribution in [0.4, 0.5) is 13.2 Å². The minimum absolute atomic E-state index is 0.0647. The van der Waals surface area contributed by atoms with E-state index in [-0.39, 0.29) is 18.1 Å². The number of pyridine rings is 2. The molecule has 0 aliphatic rings. The minimum Gasteiger partial charge on any atom is -0.419 e. The molecule has 1 amide bonds. The molecule has 0 saturated carbocycles. The number of ether oxygens (including phenoxy) is 1. The number of amides is 1. The maximum atomic E-state index is 13.2. The molecule has 0 fully saturated rings. The predicted molar refractivity (Wildman–Crippen MR) is 116 cm³/mol. The Hall–Kier alpha value is -3.14. The monoisotopic (exact) mass is 481 g/mol. The molecule has 0 aliphatic heterocycles. The van der Waals surface area contributed by atoms with Gasteiger partial charge in [-0.2, -0.15) is 18.3 Å². The highest BCUT2D eigenvalue weighted by Gasteiger charge is 2.36. The molecular formula is C22H23ClF3N5O2. The van der Waals surface area contributed by atoms with Crippen molar-refractivity contribution in [1.82, 2.24) is 25.1 Å². The van der Waals surface area contributed by atoms with Gasteiger partial charge < -0.3 is 10.1 Å². The summed E-state index contributed by atoms with van der Waals surface area (Å²) in [6.07, 6.45) is -2.02. The molecule has 3 rings (SSSR count). The Kier molecular flexibility index (Phi) is 6.69. The van der Waals surface area contributed by atoms with Gasteiger partial charge >= 0.3 is 6.18 Å². The van der Waals surface area contributed by atoms with Crippen LogP contribution in [0.25, 0.3) is 0 Å². The van der Waals surface area contributed by atoms with Gasteiger partial charge in [-0.3, -0.25) is 9.78 Å². The number of carbonyl (C=O) groups is 1. The summed E-state index contributed by atoms with van der Waals surface area (Å²) in [5.41, 5.74) is 0.319. The Labute approximate surface area is 194 Å². The third-order valence-electron chi connectivity index (χ3n) is 4.68. The highest BCUT2D eigenvalue weighted by Crippen LogP contribution is 2.40. The summed E-state index contributed by atoms with van der Waals surface area (Å²) in [5.74, 6) is -0.850. The highest BCUT2D eigenvalue weighted by atomic mass is 35.5. The smallest absolute Gasteiger partial charge is 0.418 e. The lowest BCUT2D eigenvalue weighted by Crippen LogP contribution is -2.27. The van der Waals surface area contributed by atoms with Gasteiger partial charge in [0.05, 0.1) is 23.3 Å². The molecule has 3 aromatic rings. The second kappa shape index (κ2) is 9.01. The Balaban J connectivity index is 1.94. The first-order valence-electron chi connectivity index (χ1n) is 9.98. The lowest BCUT2D eigenvalue weighted by molar-refractivity contribution is -0.137. The molecule has 7 nitrogen and oxygen atoms in total. The Morgan fingerprint density at radius 3 is 2.42 bits per heavy atom. The summed E-state index contributed by atoms with van der Waals surface area (Å²) >= 11 is 5.94. The van der Waals surface area contributed by atoms with Crippen LogP contribution < -0.4 is 10.1 Å². The summed E-state index contributed by atoms with van der Waals surface area (Å²) in [4.78, 5) is 20.9. The minimum atomic E-state index is -4.67. The molecule has 1 N–H and O–H groups in total. The molecular weight excluding hydrogens is 459 g/mol. The van der Waals surface area contributed by atoms with Gasteiger partial charge in [0.15, 0.2) is 5.69 Å². The van der Waals surface area contributed by atoms with E-state index in [0.717, 1.165) is 17.8 Å². The molecule has 0 radical (unpaired) electrons. The van der Waals surface area contributed by atoms with Crippen molar-refractivity contribution in [2.75, 3.05) is 0 Å². The zero-order chi connectivity index (χ0) is 24.6. The molecule has 0 bridgehead atoms. The van der Waals surface area contributed by atoms with E-state index < -0.39 is 34.1 Å². The normalized spacial score (nSPS) is 12.0. The van der Waals surface area contributed by atoms with Gasteiger partial charge in [-0.25, -0.2) is 9.67 Å². The number of nitrogens with zero attached hydrogens (tertiary/aromatic N) is 4. The molecule has 0 aliphatic carbocycles. The van der Waals surface area contributed by atoms with E-state index in [2.05, 4.69) is 20.4 Å². The van der Waals surface area contributed by atoms with Crippen molar-refractivity contribution in [3.05, 3.63) is 63.7 Å². The number of carbonyl (C=O) groups excluding carboxylic acids is 1. The number of hydrogen-bond acceptors (Lipinski definition) is 5. The largest absolute Gasteiger partial charge is 0.419 e. The number of rotatable bonds is 5. The summed E-state index contributed by atoms with van der Waals surface area (Å²) in [6.45, 7) is 9.11. The second-order valence-corrected chi connectivity index (χ2v) is 8.83. The highest BCUT2D eigenvalue weighted by molar-refractivity contribution is 6.32. The summed E-state index contributed by atoms with van der Waals surface area (Å²) in [5, 5.41) is 6.44. The predicted octanol–water partition coefficient (Wildman–Crippen LogP) is 5.44. The van der Waals surface area contributed by atoms with Crippen molar-refractivity contribution in [3.8, 4) is 11.8 Å². The quantitative estimate of drug-likeness (QED) is 0.524. The van der Waals surface area contributed by atoms with Gasteiger partial charge in [-0.15, -0.1) is 0 Å². The third kappa shape index (κ3) is 5.44. The fourth-order valence-electron chi connectivity index (χ4n) is 2.93. The topological polar surface area (TPSA) is 81.9 Å². The van der Waals surface area contributed by atoms with Crippen molar-refractivity contribution in [3.63, 3.8) is 0 Å². The van der Waals surface area contributed by atoms with Gasteiger partial charge in [-0.05, 0) is 52.3 Å². The van der Waals surface area contributed by atoms with Crippen molar-refractivity contribution < 1.29 is 22.7 Å². The van der Waals surface area contributed by atoms with E-state index in [9.17, 15) is 18.0 Å². The summed E-state index contributed by atoms with van der Waals surface area (Å²) in [7, 11) is 0. The van der Waals surface area contributed by atoms with Crippen LogP contribution >= 0.6 is 11.6 Å². The maximum absolute atomic E-state index is 13.2. The average Bonchev–Trinajstić information content (AvgIpc) is 3.05. The summed E-state index contributed by atoms with van der Waals surface area (Å²) in [6, 6.07) is 4.44. The molecule has 3 heterocycles. The first-order chi connectivity index (χ1) is 15.3. The fraction of sp³-hybridized carbons (Fsp3) is 0.364. The third-order valence-corrected chi connectivity index (χ3v) is 5.04. The Bertz CT molecular complexity index is 1170. The van der Waals surface area contributed by atoms with Crippen molar-refractivity contribution in [1.29, 1.82) is 0 Å². The van der Waals surface area contributed by atoms with E-state index in [4.69, 9.17) is 16.3 Å². The molecule has 0 unspecified atom stereocenters. The van der Waals surface area contributed by atoms with Crippen molar-refractivity contribution >= 4 is 17.5 Å². The number of aryl methyl sites for hydroxylation is 1. The van der Waals surface area contributed by atoms with Gasteiger partial charge in [0.25, 0.3) is 5.91 Å². The van der Waals surface area contributed by atoms with Crippen LogP contribution in [0.5, 0.6) is 11.8 Å². The van der Waals surface area contributed by atoms with Gasteiger partial charge in [0.1, 0.15) is 5.02 Å². The lowest BCUT2D eigenvalue weighted by Gasteiger charge is -2.22.